The molecule has 0 fully saturated rings. The first-order valence-electron chi connectivity index (χ1n) is 4.80. The van der Waals surface area contributed by atoms with Crippen molar-refractivity contribution in [3.8, 4) is 11.1 Å². The minimum absolute atomic E-state index is 0.468. The number of hydrogen-bond acceptors (Lipinski definition) is 3. The number of rotatable bonds is 3. The topological polar surface area (TPSA) is 63.9 Å². The number of halogens is 1. The van der Waals surface area contributed by atoms with Crippen molar-refractivity contribution < 1.29 is 4.74 Å². The summed E-state index contributed by atoms with van der Waals surface area (Å²) in [7, 11) is 1.64. The predicted molar refractivity (Wildman–Crippen MR) is 66.8 cm³/mol. The maximum Gasteiger partial charge on any atom is 0.153 e. The molecule has 0 atom stereocenters. The number of nitrogens with zero attached hydrogens (tertiary/aromatic N) is 1. The van der Waals surface area contributed by atoms with E-state index in [0.29, 0.717) is 12.4 Å². The Kier molecular flexibility index (Phi) is 3.26. The molecule has 84 valence electrons. The molecule has 0 saturated heterocycles. The summed E-state index contributed by atoms with van der Waals surface area (Å²) in [5, 5.41) is 6.87. The molecule has 1 aromatic carbocycles. The highest BCUT2D eigenvalue weighted by Gasteiger charge is 2.12. The van der Waals surface area contributed by atoms with Gasteiger partial charge in [-0.3, -0.25) is 5.10 Å². The molecule has 0 unspecified atom stereocenters. The van der Waals surface area contributed by atoms with Crippen LogP contribution in [0.1, 0.15) is 5.69 Å². The second-order valence-corrected chi connectivity index (χ2v) is 4.32. The molecule has 4 nitrogen and oxygen atoms in total. The molecule has 2 aromatic rings. The lowest BCUT2D eigenvalue weighted by Gasteiger charge is -2.03. The molecule has 0 saturated carbocycles. The molecule has 0 radical (unpaired) electrons. The van der Waals surface area contributed by atoms with E-state index < -0.39 is 0 Å². The quantitative estimate of drug-likeness (QED) is 0.909. The summed E-state index contributed by atoms with van der Waals surface area (Å²) in [5.41, 5.74) is 8.66. The number of methoxy groups -OCH3 is 1. The number of anilines is 1. The van der Waals surface area contributed by atoms with Crippen LogP contribution in [0.3, 0.4) is 0 Å². The Balaban J connectivity index is 2.45. The van der Waals surface area contributed by atoms with E-state index in [1.807, 2.05) is 24.3 Å². The van der Waals surface area contributed by atoms with Crippen LogP contribution in [0.25, 0.3) is 11.1 Å². The molecule has 3 N–H and O–H groups in total. The third kappa shape index (κ3) is 2.10. The molecule has 0 aliphatic rings. The molecule has 5 heteroatoms. The van der Waals surface area contributed by atoms with Crippen LogP contribution in [0.5, 0.6) is 0 Å². The minimum Gasteiger partial charge on any atom is -0.382 e. The number of hydrogen-bond donors (Lipinski definition) is 2. The second kappa shape index (κ2) is 4.67. The van der Waals surface area contributed by atoms with Gasteiger partial charge in [0.25, 0.3) is 0 Å². The Bertz CT molecular complexity index is 478. The van der Waals surface area contributed by atoms with Gasteiger partial charge < -0.3 is 10.5 Å². The molecule has 0 amide bonds. The molecule has 0 aliphatic carbocycles. The predicted octanol–water partition coefficient (Wildman–Crippen LogP) is 2.57. The van der Waals surface area contributed by atoms with Crippen LogP contribution in [0.15, 0.2) is 28.7 Å². The zero-order valence-electron chi connectivity index (χ0n) is 8.83. The summed E-state index contributed by atoms with van der Waals surface area (Å²) >= 11 is 3.40. The van der Waals surface area contributed by atoms with Gasteiger partial charge in [0.15, 0.2) is 5.82 Å². The first-order chi connectivity index (χ1) is 7.72. The van der Waals surface area contributed by atoms with E-state index in [1.165, 1.54) is 0 Å². The third-order valence-corrected chi connectivity index (χ3v) is 2.82. The van der Waals surface area contributed by atoms with Gasteiger partial charge in [-0.05, 0) is 17.7 Å². The number of nitrogen functional groups attached to an aromatic ring is 1. The van der Waals surface area contributed by atoms with Crippen LogP contribution in [0.2, 0.25) is 0 Å². The van der Waals surface area contributed by atoms with E-state index in [4.69, 9.17) is 10.5 Å². The van der Waals surface area contributed by atoms with Gasteiger partial charge in [0.05, 0.1) is 12.3 Å². The zero-order chi connectivity index (χ0) is 11.5. The van der Waals surface area contributed by atoms with E-state index in [2.05, 4.69) is 26.1 Å². The Morgan fingerprint density at radius 2 is 2.06 bits per heavy atom. The van der Waals surface area contributed by atoms with Crippen LogP contribution in [-0.4, -0.2) is 17.3 Å². The molecular formula is C11H12BrN3O. The maximum absolute atomic E-state index is 5.83. The van der Waals surface area contributed by atoms with Crippen molar-refractivity contribution in [2.24, 2.45) is 0 Å². The van der Waals surface area contributed by atoms with Crippen LogP contribution in [-0.2, 0) is 11.3 Å². The summed E-state index contributed by atoms with van der Waals surface area (Å²) in [5.74, 6) is 0.495. The normalized spacial score (nSPS) is 10.6. The molecule has 0 spiro atoms. The third-order valence-electron chi connectivity index (χ3n) is 2.29. The van der Waals surface area contributed by atoms with Crippen LogP contribution < -0.4 is 5.73 Å². The molecule has 16 heavy (non-hydrogen) atoms. The lowest BCUT2D eigenvalue weighted by atomic mass is 10.1. The van der Waals surface area contributed by atoms with E-state index in [1.54, 1.807) is 7.11 Å². The highest BCUT2D eigenvalue weighted by molar-refractivity contribution is 9.10. The van der Waals surface area contributed by atoms with Crippen molar-refractivity contribution in [3.05, 3.63) is 34.4 Å². The lowest BCUT2D eigenvalue weighted by molar-refractivity contribution is 0.182. The summed E-state index contributed by atoms with van der Waals surface area (Å²) < 4.78 is 6.12. The first kappa shape index (κ1) is 11.2. The number of aromatic amines is 1. The summed E-state index contributed by atoms with van der Waals surface area (Å²) in [4.78, 5) is 0. The largest absolute Gasteiger partial charge is 0.382 e. The van der Waals surface area contributed by atoms with Gasteiger partial charge in [0, 0.05) is 17.1 Å². The second-order valence-electron chi connectivity index (χ2n) is 3.40. The van der Waals surface area contributed by atoms with Crippen LogP contribution in [0, 0.1) is 0 Å². The molecule has 1 aromatic heterocycles. The summed E-state index contributed by atoms with van der Waals surface area (Å²) in [6, 6.07) is 7.92. The van der Waals surface area contributed by atoms with Crippen molar-refractivity contribution >= 4 is 21.7 Å². The Morgan fingerprint density at radius 1 is 1.38 bits per heavy atom. The van der Waals surface area contributed by atoms with Crippen LogP contribution >= 0.6 is 15.9 Å². The average molecular weight is 282 g/mol. The number of ether oxygens (including phenoxy) is 1. The zero-order valence-corrected chi connectivity index (χ0v) is 10.4. The smallest absolute Gasteiger partial charge is 0.153 e. The van der Waals surface area contributed by atoms with Crippen molar-refractivity contribution in [2.75, 3.05) is 12.8 Å². The number of H-pyrrole nitrogens is 1. The Hall–Kier alpha value is -1.33. The summed E-state index contributed by atoms with van der Waals surface area (Å²) in [6.07, 6.45) is 0. The van der Waals surface area contributed by atoms with Gasteiger partial charge >= 0.3 is 0 Å². The van der Waals surface area contributed by atoms with Crippen molar-refractivity contribution in [2.45, 2.75) is 6.61 Å². The molecule has 0 aliphatic heterocycles. The average Bonchev–Trinajstić information content (AvgIpc) is 2.62. The SMILES string of the molecule is COCc1[nH]nc(N)c1-c1ccc(Br)cc1. The van der Waals surface area contributed by atoms with E-state index in [-0.39, 0.29) is 0 Å². The summed E-state index contributed by atoms with van der Waals surface area (Å²) in [6.45, 7) is 0.468. The van der Waals surface area contributed by atoms with E-state index in [9.17, 15) is 0 Å². The fourth-order valence-electron chi connectivity index (χ4n) is 1.58. The van der Waals surface area contributed by atoms with Crippen molar-refractivity contribution in [1.82, 2.24) is 10.2 Å². The van der Waals surface area contributed by atoms with E-state index >= 15 is 0 Å². The monoisotopic (exact) mass is 281 g/mol. The highest BCUT2D eigenvalue weighted by atomic mass is 79.9. The minimum atomic E-state index is 0.468. The van der Waals surface area contributed by atoms with Gasteiger partial charge in [0.2, 0.25) is 0 Å². The van der Waals surface area contributed by atoms with Gasteiger partial charge in [-0.1, -0.05) is 28.1 Å². The van der Waals surface area contributed by atoms with Gasteiger partial charge in [0.1, 0.15) is 0 Å². The molecule has 0 bridgehead atoms. The van der Waals surface area contributed by atoms with Gasteiger partial charge in [-0.25, -0.2) is 0 Å². The highest BCUT2D eigenvalue weighted by Crippen LogP contribution is 2.29. The van der Waals surface area contributed by atoms with Gasteiger partial charge in [-0.2, -0.15) is 5.10 Å². The van der Waals surface area contributed by atoms with Gasteiger partial charge in [-0.15, -0.1) is 0 Å². The standard InChI is InChI=1S/C11H12BrN3O/c1-16-6-9-10(11(13)15-14-9)7-2-4-8(12)5-3-7/h2-5H,6H2,1H3,(H3,13,14,15). The van der Waals surface area contributed by atoms with E-state index in [0.717, 1.165) is 21.3 Å². The Morgan fingerprint density at radius 3 is 2.69 bits per heavy atom. The fraction of sp³-hybridized carbons (Fsp3) is 0.182. The Labute approximate surface area is 102 Å². The van der Waals surface area contributed by atoms with Crippen molar-refractivity contribution in [3.63, 3.8) is 0 Å². The lowest BCUT2D eigenvalue weighted by Crippen LogP contribution is -1.92. The maximum atomic E-state index is 5.83. The molecule has 1 heterocycles. The number of nitrogens with one attached hydrogen (secondary N) is 1. The number of benzene rings is 1. The number of aromatic nitrogens is 2. The molecular weight excluding hydrogens is 270 g/mol. The molecule has 2 rings (SSSR count). The first-order valence-corrected chi connectivity index (χ1v) is 5.59. The van der Waals surface area contributed by atoms with Crippen molar-refractivity contribution in [1.29, 1.82) is 0 Å². The number of nitrogens with two attached hydrogens (primary N) is 1. The van der Waals surface area contributed by atoms with Crippen LogP contribution in [0.4, 0.5) is 5.82 Å². The fourth-order valence-corrected chi connectivity index (χ4v) is 1.85.